The van der Waals surface area contributed by atoms with Gasteiger partial charge in [-0.25, -0.2) is 4.98 Å². The fraction of sp³-hybridized carbons (Fsp3) is 0.308. The molecule has 9 heteroatoms. The van der Waals surface area contributed by atoms with E-state index in [9.17, 15) is 5.26 Å². The maximum atomic E-state index is 9.43. The summed E-state index contributed by atoms with van der Waals surface area (Å²) >= 11 is 0. The first-order chi connectivity index (χ1) is 17.0. The molecule has 0 saturated carbocycles. The molecule has 1 aliphatic heterocycles. The van der Waals surface area contributed by atoms with Gasteiger partial charge < -0.3 is 14.5 Å². The largest absolute Gasteiger partial charge is 0.415 e. The number of aromatic nitrogens is 5. The molecule has 4 heterocycles. The van der Waals surface area contributed by atoms with Crippen molar-refractivity contribution >= 4 is 0 Å². The van der Waals surface area contributed by atoms with Gasteiger partial charge in [0.15, 0.2) is 0 Å². The standard InChI is InChI=1S/C26H25N7O2/c1-26(2,16-27)23-9-20(7-8-30-23)21-12-29-13-22(31-21)25-33-32-24(35-25)19-5-3-17(4-6-19)10-28-11-18-14-34-15-18/h3-9,12-13,18,28H,10-11,14-15H2,1-2H3. The van der Waals surface area contributed by atoms with Crippen LogP contribution in [0.15, 0.2) is 59.4 Å². The molecular weight excluding hydrogens is 442 g/mol. The maximum absolute atomic E-state index is 9.43. The summed E-state index contributed by atoms with van der Waals surface area (Å²) < 4.78 is 11.1. The second-order valence-corrected chi connectivity index (χ2v) is 9.10. The van der Waals surface area contributed by atoms with Crippen molar-refractivity contribution in [1.82, 2.24) is 30.5 Å². The number of nitrogens with zero attached hydrogens (tertiary/aromatic N) is 6. The summed E-state index contributed by atoms with van der Waals surface area (Å²) in [6.45, 7) is 7.12. The van der Waals surface area contributed by atoms with Crippen molar-refractivity contribution in [3.8, 4) is 40.4 Å². The maximum Gasteiger partial charge on any atom is 0.268 e. The van der Waals surface area contributed by atoms with Crippen molar-refractivity contribution in [2.45, 2.75) is 25.8 Å². The molecule has 0 amide bonds. The van der Waals surface area contributed by atoms with Crippen molar-refractivity contribution in [1.29, 1.82) is 5.26 Å². The number of nitrogens with one attached hydrogen (secondary N) is 1. The van der Waals surface area contributed by atoms with Gasteiger partial charge >= 0.3 is 0 Å². The number of benzene rings is 1. The number of rotatable bonds is 8. The Morgan fingerprint density at radius 1 is 1.03 bits per heavy atom. The van der Waals surface area contributed by atoms with E-state index in [1.807, 2.05) is 50.2 Å². The SMILES string of the molecule is CC(C)(C#N)c1cc(-c2cncc(-c3nnc(-c4ccc(CNCC5COC5)cc4)o3)n2)ccn1. The van der Waals surface area contributed by atoms with E-state index in [0.717, 1.165) is 37.4 Å². The predicted molar refractivity (Wildman–Crippen MR) is 129 cm³/mol. The predicted octanol–water partition coefficient (Wildman–Crippen LogP) is 3.79. The van der Waals surface area contributed by atoms with Crippen LogP contribution in [-0.2, 0) is 16.7 Å². The van der Waals surface area contributed by atoms with Gasteiger partial charge in [0.2, 0.25) is 5.89 Å². The molecule has 1 N–H and O–H groups in total. The number of hydrogen-bond acceptors (Lipinski definition) is 9. The van der Waals surface area contributed by atoms with Gasteiger partial charge in [-0.15, -0.1) is 10.2 Å². The van der Waals surface area contributed by atoms with E-state index in [0.29, 0.717) is 28.9 Å². The molecule has 4 aromatic rings. The lowest BCUT2D eigenvalue weighted by Gasteiger charge is -2.26. The molecule has 0 radical (unpaired) electrons. The normalized spacial score (nSPS) is 13.9. The Balaban J connectivity index is 1.31. The zero-order valence-electron chi connectivity index (χ0n) is 19.6. The molecule has 176 valence electrons. The summed E-state index contributed by atoms with van der Waals surface area (Å²) in [6, 6.07) is 14.0. The van der Waals surface area contributed by atoms with Crippen LogP contribution in [0, 0.1) is 17.2 Å². The molecule has 0 bridgehead atoms. The Morgan fingerprint density at radius 2 is 1.80 bits per heavy atom. The van der Waals surface area contributed by atoms with E-state index < -0.39 is 5.41 Å². The Morgan fingerprint density at radius 3 is 2.54 bits per heavy atom. The summed E-state index contributed by atoms with van der Waals surface area (Å²) in [6.07, 6.45) is 4.91. The van der Waals surface area contributed by atoms with Gasteiger partial charge in [0, 0.05) is 36.3 Å². The topological polar surface area (TPSA) is 123 Å². The summed E-state index contributed by atoms with van der Waals surface area (Å²) in [7, 11) is 0. The van der Waals surface area contributed by atoms with Gasteiger partial charge in [-0.2, -0.15) is 5.26 Å². The third-order valence-corrected chi connectivity index (χ3v) is 5.92. The first-order valence-electron chi connectivity index (χ1n) is 11.4. The van der Waals surface area contributed by atoms with Crippen LogP contribution in [0.5, 0.6) is 0 Å². The lowest BCUT2D eigenvalue weighted by Crippen LogP contribution is -2.36. The number of pyridine rings is 1. The van der Waals surface area contributed by atoms with Crippen LogP contribution in [0.3, 0.4) is 0 Å². The highest BCUT2D eigenvalue weighted by Crippen LogP contribution is 2.27. The Bertz CT molecular complexity index is 1350. The van der Waals surface area contributed by atoms with E-state index in [2.05, 4.69) is 36.5 Å². The van der Waals surface area contributed by atoms with E-state index in [4.69, 9.17) is 9.15 Å². The van der Waals surface area contributed by atoms with E-state index >= 15 is 0 Å². The lowest BCUT2D eigenvalue weighted by atomic mass is 9.90. The third kappa shape index (κ3) is 5.09. The van der Waals surface area contributed by atoms with Crippen molar-refractivity contribution in [2.24, 2.45) is 5.92 Å². The number of ether oxygens (including phenoxy) is 1. The molecule has 1 saturated heterocycles. The van der Waals surface area contributed by atoms with Gasteiger partial charge in [0.05, 0.1) is 48.5 Å². The quantitative estimate of drug-likeness (QED) is 0.412. The highest BCUT2D eigenvalue weighted by Gasteiger charge is 2.22. The summed E-state index contributed by atoms with van der Waals surface area (Å²) in [5.41, 5.74) is 3.89. The first-order valence-corrected chi connectivity index (χ1v) is 11.4. The monoisotopic (exact) mass is 467 g/mol. The zero-order chi connectivity index (χ0) is 24.3. The molecule has 1 aliphatic rings. The molecule has 0 aliphatic carbocycles. The number of nitriles is 1. The van der Waals surface area contributed by atoms with Crippen LogP contribution in [-0.4, -0.2) is 44.9 Å². The second kappa shape index (κ2) is 9.70. The van der Waals surface area contributed by atoms with Crippen LogP contribution in [0.25, 0.3) is 34.3 Å². The first kappa shape index (κ1) is 22.8. The molecule has 3 aromatic heterocycles. The molecule has 35 heavy (non-hydrogen) atoms. The minimum atomic E-state index is -0.709. The minimum Gasteiger partial charge on any atom is -0.415 e. The average molecular weight is 468 g/mol. The van der Waals surface area contributed by atoms with Crippen molar-refractivity contribution in [3.05, 3.63) is 66.2 Å². The van der Waals surface area contributed by atoms with E-state index in [1.165, 1.54) is 5.56 Å². The van der Waals surface area contributed by atoms with Crippen LogP contribution < -0.4 is 5.32 Å². The van der Waals surface area contributed by atoms with E-state index in [-0.39, 0.29) is 5.89 Å². The highest BCUT2D eigenvalue weighted by atomic mass is 16.5. The van der Waals surface area contributed by atoms with Crippen LogP contribution >= 0.6 is 0 Å². The molecule has 0 unspecified atom stereocenters. The summed E-state index contributed by atoms with van der Waals surface area (Å²) in [5.74, 6) is 1.33. The Hall–Kier alpha value is -4.00. The lowest BCUT2D eigenvalue weighted by molar-refractivity contribution is -0.0307. The van der Waals surface area contributed by atoms with Gasteiger partial charge in [-0.3, -0.25) is 9.97 Å². The van der Waals surface area contributed by atoms with E-state index in [1.54, 1.807) is 18.6 Å². The molecule has 5 rings (SSSR count). The van der Waals surface area contributed by atoms with Crippen molar-refractivity contribution in [2.75, 3.05) is 19.8 Å². The molecule has 1 fully saturated rings. The average Bonchev–Trinajstić information content (AvgIpc) is 3.36. The smallest absolute Gasteiger partial charge is 0.268 e. The molecular formula is C26H25N7O2. The third-order valence-electron chi connectivity index (χ3n) is 5.92. The molecule has 1 aromatic carbocycles. The molecule has 0 spiro atoms. The van der Waals surface area contributed by atoms with Crippen LogP contribution in [0.2, 0.25) is 0 Å². The summed E-state index contributed by atoms with van der Waals surface area (Å²) in [5, 5.41) is 21.3. The fourth-order valence-electron chi connectivity index (χ4n) is 3.63. The van der Waals surface area contributed by atoms with Crippen LogP contribution in [0.4, 0.5) is 0 Å². The zero-order valence-corrected chi connectivity index (χ0v) is 19.6. The summed E-state index contributed by atoms with van der Waals surface area (Å²) in [4.78, 5) is 13.3. The fourth-order valence-corrected chi connectivity index (χ4v) is 3.63. The molecule has 0 atom stereocenters. The van der Waals surface area contributed by atoms with Gasteiger partial charge in [-0.1, -0.05) is 12.1 Å². The van der Waals surface area contributed by atoms with Gasteiger partial charge in [0.25, 0.3) is 5.89 Å². The van der Waals surface area contributed by atoms with Crippen molar-refractivity contribution in [3.63, 3.8) is 0 Å². The Kier molecular flexibility index (Phi) is 6.31. The van der Waals surface area contributed by atoms with Crippen LogP contribution in [0.1, 0.15) is 25.1 Å². The minimum absolute atomic E-state index is 0.287. The second-order valence-electron chi connectivity index (χ2n) is 9.10. The Labute approximate surface area is 203 Å². The number of hydrogen-bond donors (Lipinski definition) is 1. The molecule has 9 nitrogen and oxygen atoms in total. The van der Waals surface area contributed by atoms with Gasteiger partial charge in [0.1, 0.15) is 5.69 Å². The highest BCUT2D eigenvalue weighted by molar-refractivity contribution is 5.62. The van der Waals surface area contributed by atoms with Gasteiger partial charge in [-0.05, 0) is 43.7 Å². The van der Waals surface area contributed by atoms with Crippen molar-refractivity contribution < 1.29 is 9.15 Å².